The van der Waals surface area contributed by atoms with Gasteiger partial charge >= 0.3 is 0 Å². The van der Waals surface area contributed by atoms with Crippen LogP contribution in [0.2, 0.25) is 5.02 Å². The number of halogens is 1. The molecule has 0 amide bonds. The molecule has 1 atom stereocenters. The zero-order valence-corrected chi connectivity index (χ0v) is 11.0. The summed E-state index contributed by atoms with van der Waals surface area (Å²) in [5.74, 6) is 0.565. The van der Waals surface area contributed by atoms with Gasteiger partial charge in [0.1, 0.15) is 0 Å². The normalized spacial score (nSPS) is 19.1. The van der Waals surface area contributed by atoms with Crippen LogP contribution in [-0.4, -0.2) is 18.3 Å². The second kappa shape index (κ2) is 4.97. The van der Waals surface area contributed by atoms with E-state index in [1.807, 2.05) is 13.0 Å². The van der Waals surface area contributed by atoms with Crippen molar-refractivity contribution in [2.24, 2.45) is 17.1 Å². The highest BCUT2D eigenvalue weighted by Crippen LogP contribution is 2.47. The van der Waals surface area contributed by atoms with Crippen LogP contribution in [-0.2, 0) is 6.42 Å². The molecule has 1 unspecified atom stereocenters. The van der Waals surface area contributed by atoms with Crippen molar-refractivity contribution in [3.8, 4) is 0 Å². The molecule has 1 aliphatic rings. The van der Waals surface area contributed by atoms with E-state index in [1.54, 1.807) is 0 Å². The molecule has 1 aliphatic carbocycles. The van der Waals surface area contributed by atoms with E-state index in [4.69, 9.17) is 17.3 Å². The number of aliphatic hydroxyl groups excluding tert-OH is 1. The third-order valence-electron chi connectivity index (χ3n) is 3.92. The Morgan fingerprint density at radius 2 is 2.18 bits per heavy atom. The van der Waals surface area contributed by atoms with Crippen molar-refractivity contribution < 1.29 is 5.11 Å². The minimum Gasteiger partial charge on any atom is -0.396 e. The molecule has 1 saturated carbocycles. The van der Waals surface area contributed by atoms with Crippen LogP contribution >= 0.6 is 11.6 Å². The van der Waals surface area contributed by atoms with E-state index in [0.29, 0.717) is 12.5 Å². The highest BCUT2D eigenvalue weighted by atomic mass is 35.5. The van der Waals surface area contributed by atoms with Crippen molar-refractivity contribution in [3.05, 3.63) is 34.3 Å². The molecular formula is C14H20ClNO. The Morgan fingerprint density at radius 3 is 2.65 bits per heavy atom. The maximum Gasteiger partial charge on any atom is 0.0505 e. The van der Waals surface area contributed by atoms with Gasteiger partial charge in [-0.2, -0.15) is 0 Å². The van der Waals surface area contributed by atoms with Crippen molar-refractivity contribution in [1.82, 2.24) is 0 Å². The summed E-state index contributed by atoms with van der Waals surface area (Å²) in [5.41, 5.74) is 7.98. The van der Waals surface area contributed by atoms with Crippen molar-refractivity contribution in [1.29, 1.82) is 0 Å². The number of aliphatic hydroxyl groups is 1. The highest BCUT2D eigenvalue weighted by molar-refractivity contribution is 6.31. The fourth-order valence-electron chi connectivity index (χ4n) is 2.50. The average molecular weight is 254 g/mol. The molecule has 1 aromatic rings. The van der Waals surface area contributed by atoms with Crippen LogP contribution in [0, 0.1) is 18.3 Å². The lowest BCUT2D eigenvalue weighted by atomic mass is 9.77. The molecule has 0 saturated heterocycles. The zero-order valence-electron chi connectivity index (χ0n) is 10.2. The molecule has 0 spiro atoms. The third-order valence-corrected chi connectivity index (χ3v) is 4.27. The second-order valence-electron chi connectivity index (χ2n) is 5.27. The molecule has 94 valence electrons. The van der Waals surface area contributed by atoms with Gasteiger partial charge in [-0.15, -0.1) is 0 Å². The Bertz CT molecular complexity index is 397. The minimum absolute atomic E-state index is 0.151. The molecule has 3 heteroatoms. The first kappa shape index (κ1) is 12.9. The van der Waals surface area contributed by atoms with Gasteiger partial charge in [-0.05, 0) is 49.3 Å². The lowest BCUT2D eigenvalue weighted by Gasteiger charge is -2.31. The molecular weight excluding hydrogens is 234 g/mol. The number of hydrogen-bond donors (Lipinski definition) is 2. The van der Waals surface area contributed by atoms with Crippen LogP contribution in [0.25, 0.3) is 0 Å². The molecule has 1 fully saturated rings. The predicted molar refractivity (Wildman–Crippen MR) is 71.2 cm³/mol. The quantitative estimate of drug-likeness (QED) is 0.847. The van der Waals surface area contributed by atoms with Crippen molar-refractivity contribution in [2.75, 3.05) is 13.2 Å². The molecule has 0 radical (unpaired) electrons. The Hall–Kier alpha value is -0.570. The smallest absolute Gasteiger partial charge is 0.0505 e. The second-order valence-corrected chi connectivity index (χ2v) is 5.68. The fraction of sp³-hybridized carbons (Fsp3) is 0.571. The van der Waals surface area contributed by atoms with Gasteiger partial charge in [0, 0.05) is 17.0 Å². The Morgan fingerprint density at radius 1 is 1.47 bits per heavy atom. The lowest BCUT2D eigenvalue weighted by Crippen LogP contribution is -2.38. The van der Waals surface area contributed by atoms with Crippen LogP contribution in [0.1, 0.15) is 24.0 Å². The van der Waals surface area contributed by atoms with Gasteiger partial charge in [-0.25, -0.2) is 0 Å². The highest BCUT2D eigenvalue weighted by Gasteiger charge is 2.43. The summed E-state index contributed by atoms with van der Waals surface area (Å²) < 4.78 is 0. The molecule has 2 nitrogen and oxygen atoms in total. The summed E-state index contributed by atoms with van der Waals surface area (Å²) in [6, 6.07) is 6.09. The maximum atomic E-state index is 9.67. The maximum absolute atomic E-state index is 9.67. The van der Waals surface area contributed by atoms with Gasteiger partial charge in [0.25, 0.3) is 0 Å². The average Bonchev–Trinajstić information content (AvgIpc) is 3.13. The first-order chi connectivity index (χ1) is 8.11. The summed E-state index contributed by atoms with van der Waals surface area (Å²) >= 11 is 6.25. The lowest BCUT2D eigenvalue weighted by molar-refractivity contribution is 0.109. The van der Waals surface area contributed by atoms with Crippen LogP contribution in [0.3, 0.4) is 0 Å². The van der Waals surface area contributed by atoms with E-state index in [9.17, 15) is 5.11 Å². The van der Waals surface area contributed by atoms with Gasteiger partial charge in [-0.3, -0.25) is 0 Å². The van der Waals surface area contributed by atoms with E-state index in [-0.39, 0.29) is 12.0 Å². The molecule has 3 N–H and O–H groups in total. The van der Waals surface area contributed by atoms with Crippen molar-refractivity contribution in [2.45, 2.75) is 26.2 Å². The largest absolute Gasteiger partial charge is 0.396 e. The summed E-state index contributed by atoms with van der Waals surface area (Å²) in [7, 11) is 0. The molecule has 2 rings (SSSR count). The molecule has 0 heterocycles. The number of nitrogens with two attached hydrogens (primary N) is 1. The van der Waals surface area contributed by atoms with E-state index in [0.717, 1.165) is 22.6 Å². The van der Waals surface area contributed by atoms with Gasteiger partial charge in [-0.1, -0.05) is 23.7 Å². The summed E-state index contributed by atoms with van der Waals surface area (Å²) in [6.45, 7) is 2.70. The van der Waals surface area contributed by atoms with Gasteiger partial charge in [0.05, 0.1) is 6.61 Å². The SMILES string of the molecule is Cc1ccc(CC(CN)(CO)C2CC2)c(Cl)c1. The van der Waals surface area contributed by atoms with Gasteiger partial charge in [0.2, 0.25) is 0 Å². The Kier molecular flexibility index (Phi) is 3.76. The van der Waals surface area contributed by atoms with E-state index in [2.05, 4.69) is 12.1 Å². The van der Waals surface area contributed by atoms with Crippen molar-refractivity contribution >= 4 is 11.6 Å². The van der Waals surface area contributed by atoms with Crippen LogP contribution in [0.15, 0.2) is 18.2 Å². The first-order valence-corrected chi connectivity index (χ1v) is 6.55. The minimum atomic E-state index is -0.168. The van der Waals surface area contributed by atoms with E-state index >= 15 is 0 Å². The van der Waals surface area contributed by atoms with Crippen LogP contribution in [0.5, 0.6) is 0 Å². The molecule has 0 aromatic heterocycles. The van der Waals surface area contributed by atoms with E-state index < -0.39 is 0 Å². The molecule has 1 aromatic carbocycles. The predicted octanol–water partition coefficient (Wildman–Crippen LogP) is 2.54. The van der Waals surface area contributed by atoms with Gasteiger partial charge < -0.3 is 10.8 Å². The summed E-state index contributed by atoms with van der Waals surface area (Å²) in [6.07, 6.45) is 3.15. The van der Waals surface area contributed by atoms with Crippen LogP contribution in [0.4, 0.5) is 0 Å². The number of aryl methyl sites for hydroxylation is 1. The number of hydrogen-bond acceptors (Lipinski definition) is 2. The Labute approximate surface area is 108 Å². The van der Waals surface area contributed by atoms with Crippen molar-refractivity contribution in [3.63, 3.8) is 0 Å². The summed E-state index contributed by atoms with van der Waals surface area (Å²) in [4.78, 5) is 0. The first-order valence-electron chi connectivity index (χ1n) is 6.17. The fourth-order valence-corrected chi connectivity index (χ4v) is 2.81. The van der Waals surface area contributed by atoms with Gasteiger partial charge in [0.15, 0.2) is 0 Å². The molecule has 17 heavy (non-hydrogen) atoms. The number of rotatable bonds is 5. The van der Waals surface area contributed by atoms with E-state index in [1.165, 1.54) is 12.8 Å². The molecule has 0 bridgehead atoms. The van der Waals surface area contributed by atoms with Crippen LogP contribution < -0.4 is 5.73 Å². The monoisotopic (exact) mass is 253 g/mol. The molecule has 0 aliphatic heterocycles. The standard InChI is InChI=1S/C14H20ClNO/c1-10-2-3-11(13(15)6-10)7-14(8-16,9-17)12-4-5-12/h2-3,6,12,17H,4-5,7-9,16H2,1H3. The summed E-state index contributed by atoms with van der Waals surface area (Å²) in [5, 5.41) is 10.5. The number of benzene rings is 1. The Balaban J connectivity index is 2.22. The topological polar surface area (TPSA) is 46.2 Å². The third kappa shape index (κ3) is 2.65. The zero-order chi connectivity index (χ0) is 12.5.